The van der Waals surface area contributed by atoms with Crippen molar-refractivity contribution in [3.05, 3.63) is 173 Å². The zero-order chi connectivity index (χ0) is 51.9. The molecule has 2 aromatic heterocycles. The molecule has 2 atom stereocenters. The number of nitrogens with zero attached hydrogens (tertiary/aromatic N) is 6. The van der Waals surface area contributed by atoms with Gasteiger partial charge in [-0.1, -0.05) is 59.6 Å². The lowest BCUT2D eigenvalue weighted by Crippen LogP contribution is -2.39. The number of aliphatic carboxylic acids is 2. The van der Waals surface area contributed by atoms with E-state index in [1.165, 1.54) is 18.2 Å². The van der Waals surface area contributed by atoms with Crippen LogP contribution in [0.15, 0.2) is 84.9 Å². The molecular weight excluding hydrogens is 966 g/mol. The van der Waals surface area contributed by atoms with Gasteiger partial charge >= 0.3 is 11.9 Å². The van der Waals surface area contributed by atoms with Crippen LogP contribution in [0.2, 0.25) is 10.0 Å². The van der Waals surface area contributed by atoms with Crippen LogP contribution in [0.5, 0.6) is 23.5 Å². The van der Waals surface area contributed by atoms with Crippen molar-refractivity contribution in [3.63, 3.8) is 0 Å². The Morgan fingerprint density at radius 2 is 1.12 bits per heavy atom. The van der Waals surface area contributed by atoms with E-state index in [0.29, 0.717) is 22.3 Å². The molecule has 0 aliphatic carbocycles. The maximum absolute atomic E-state index is 11.7. The van der Waals surface area contributed by atoms with Gasteiger partial charge < -0.3 is 39.4 Å². The number of aliphatic hydroxyl groups excluding tert-OH is 2. The summed E-state index contributed by atoms with van der Waals surface area (Å²) in [4.78, 5) is 39.3. The zero-order valence-electron chi connectivity index (χ0n) is 38.8. The summed E-state index contributed by atoms with van der Waals surface area (Å²) in [6.45, 7) is 17.3. The van der Waals surface area contributed by atoms with Crippen molar-refractivity contribution in [3.8, 4) is 46.8 Å². The van der Waals surface area contributed by atoms with Crippen LogP contribution in [-0.4, -0.2) is 61.6 Å². The first-order chi connectivity index (χ1) is 34.7. The molecular formula is C53H45Cl2N7O10. The van der Waals surface area contributed by atoms with Gasteiger partial charge in [0.15, 0.2) is 11.4 Å². The molecule has 6 aromatic rings. The van der Waals surface area contributed by atoms with Crippen molar-refractivity contribution < 1.29 is 49.0 Å². The molecule has 2 heterocycles. The maximum Gasteiger partial charge on any atom is 0.323 e. The number of aromatic nitrogens is 2. The molecule has 19 heteroatoms. The molecule has 0 amide bonds. The lowest BCUT2D eigenvalue weighted by Gasteiger charge is -2.18. The van der Waals surface area contributed by atoms with Crippen molar-refractivity contribution >= 4 is 46.5 Å². The third-order valence-electron chi connectivity index (χ3n) is 11.5. The van der Waals surface area contributed by atoms with E-state index in [0.717, 1.165) is 33.4 Å². The van der Waals surface area contributed by atoms with Crippen LogP contribution in [0.4, 0.5) is 11.4 Å². The van der Waals surface area contributed by atoms with Crippen molar-refractivity contribution in [1.82, 2.24) is 15.3 Å². The molecule has 0 unspecified atom stereocenters. The van der Waals surface area contributed by atoms with Crippen molar-refractivity contribution in [2.45, 2.75) is 65.7 Å². The average molecular weight is 1010 g/mol. The Morgan fingerprint density at radius 1 is 0.653 bits per heavy atom. The summed E-state index contributed by atoms with van der Waals surface area (Å²) in [6, 6.07) is 26.6. The number of hydrogen-bond donors (Lipinski definition) is 5. The molecule has 0 radical (unpaired) electrons. The molecule has 0 aliphatic heterocycles. The van der Waals surface area contributed by atoms with Crippen LogP contribution >= 0.6 is 23.2 Å². The molecule has 366 valence electrons. The lowest BCUT2D eigenvalue weighted by molar-refractivity contribution is -0.143. The number of carbonyl (C=O) groups is 2. The van der Waals surface area contributed by atoms with Crippen LogP contribution < -0.4 is 24.3 Å². The summed E-state index contributed by atoms with van der Waals surface area (Å²) >= 11 is 13.4. The third kappa shape index (κ3) is 13.5. The third-order valence-corrected chi connectivity index (χ3v) is 12.0. The molecule has 4 aromatic carbocycles. The fraction of sp³-hybridized carbons (Fsp3) is 0.245. The van der Waals surface area contributed by atoms with Gasteiger partial charge in [0.25, 0.3) is 0 Å². The van der Waals surface area contributed by atoms with Crippen LogP contribution in [0.3, 0.4) is 0 Å². The summed E-state index contributed by atoms with van der Waals surface area (Å²) < 4.78 is 24.6. The van der Waals surface area contributed by atoms with Gasteiger partial charge in [0.05, 0.1) is 44.4 Å². The fourth-order valence-electron chi connectivity index (χ4n) is 7.46. The van der Waals surface area contributed by atoms with E-state index in [9.17, 15) is 40.5 Å². The summed E-state index contributed by atoms with van der Waals surface area (Å²) in [6.07, 6.45) is 0.212. The average Bonchev–Trinajstić information content (AvgIpc) is 3.37. The summed E-state index contributed by atoms with van der Waals surface area (Å²) in [5, 5.41) is 60.2. The second kappa shape index (κ2) is 25.0. The number of halogens is 2. The molecule has 0 saturated carbocycles. The number of aliphatic hydroxyl groups is 2. The van der Waals surface area contributed by atoms with E-state index in [1.54, 1.807) is 30.3 Å². The van der Waals surface area contributed by atoms with E-state index in [1.807, 2.05) is 62.4 Å². The van der Waals surface area contributed by atoms with Gasteiger partial charge in [0.1, 0.15) is 42.5 Å². The normalized spacial score (nSPS) is 11.5. The van der Waals surface area contributed by atoms with E-state index in [2.05, 4.69) is 25.0 Å². The second-order valence-electron chi connectivity index (χ2n) is 16.2. The van der Waals surface area contributed by atoms with Crippen molar-refractivity contribution in [2.75, 3.05) is 13.2 Å². The Kier molecular flexibility index (Phi) is 18.5. The number of rotatable bonds is 23. The predicted molar refractivity (Wildman–Crippen MR) is 264 cm³/mol. The summed E-state index contributed by atoms with van der Waals surface area (Å²) in [5.41, 5.74) is 8.11. The Hall–Kier alpha value is -8.26. The molecule has 6 rings (SSSR count). The Balaban J connectivity index is 1.22. The monoisotopic (exact) mass is 1010 g/mol. The van der Waals surface area contributed by atoms with E-state index in [-0.39, 0.29) is 102 Å². The molecule has 0 bridgehead atoms. The van der Waals surface area contributed by atoms with Crippen molar-refractivity contribution in [1.29, 1.82) is 10.5 Å². The highest BCUT2D eigenvalue weighted by molar-refractivity contribution is 6.32. The van der Waals surface area contributed by atoms with Gasteiger partial charge in [0, 0.05) is 28.8 Å². The first-order valence-corrected chi connectivity index (χ1v) is 22.8. The van der Waals surface area contributed by atoms with Crippen LogP contribution in [0.25, 0.3) is 20.8 Å². The number of hydrogen-bond acceptors (Lipinski definition) is 13. The Morgan fingerprint density at radius 3 is 1.56 bits per heavy atom. The molecule has 0 saturated heterocycles. The number of nitrogens with one attached hydrogen (secondary N) is 1. The minimum atomic E-state index is -1.28. The first-order valence-electron chi connectivity index (χ1n) is 22.0. The van der Waals surface area contributed by atoms with E-state index >= 15 is 0 Å². The molecule has 72 heavy (non-hydrogen) atoms. The zero-order valence-corrected chi connectivity index (χ0v) is 40.3. The highest BCUT2D eigenvalue weighted by atomic mass is 35.5. The first kappa shape index (κ1) is 53.1. The Labute approximate surface area is 424 Å². The molecule has 0 spiro atoms. The second-order valence-corrected chi connectivity index (χ2v) is 17.1. The predicted octanol–water partition coefficient (Wildman–Crippen LogP) is 9.39. The molecule has 5 N–H and O–H groups in total. The number of benzene rings is 4. The van der Waals surface area contributed by atoms with E-state index in [4.69, 9.17) is 55.3 Å². The standard InChI is InChI=1S/C53H45Cl2N7O10/c1-30-38(28-71-50-45(54)19-36(11-12-37(24-63)52(65)66)48(61-50)69-26-34-13-32(21-56)15-41(17-34)58-3)7-5-9-43(30)44-10-6-8-39(31(44)2)29-72-51-46(55)20-40(23-60-47(25-64)53(67)68)49(62-51)70-27-35-14-33(22-57)16-42(18-35)59-4/h5-10,13-20,37,47,60,63-64H,11-12,23-29H2,1-2H3,(H,65,66)(H,67,68)/t37-,47-/m0/s1. The van der Waals surface area contributed by atoms with Crippen LogP contribution in [-0.2, 0) is 49.0 Å². The number of nitriles is 2. The summed E-state index contributed by atoms with van der Waals surface area (Å²) in [7, 11) is 0. The number of pyridine rings is 2. The van der Waals surface area contributed by atoms with Gasteiger partial charge in [-0.05, 0) is 120 Å². The smallest absolute Gasteiger partial charge is 0.323 e. The van der Waals surface area contributed by atoms with Crippen LogP contribution in [0, 0.1) is 55.6 Å². The fourth-order valence-corrected chi connectivity index (χ4v) is 7.92. The Bertz CT molecular complexity index is 2900. The number of carboxylic acids is 2. The number of ether oxygens (including phenoxy) is 4. The van der Waals surface area contributed by atoms with Gasteiger partial charge in [-0.3, -0.25) is 14.9 Å². The van der Waals surface area contributed by atoms with Gasteiger partial charge in [-0.2, -0.15) is 20.5 Å². The minimum absolute atomic E-state index is 0.0195. The molecule has 17 nitrogen and oxygen atoms in total. The molecule has 0 fully saturated rings. The largest absolute Gasteiger partial charge is 0.481 e. The van der Waals surface area contributed by atoms with E-state index < -0.39 is 37.1 Å². The molecule has 0 aliphatic rings. The maximum atomic E-state index is 11.7. The SMILES string of the molecule is [C-]#[N+]c1cc(C#N)cc(COc2nc(OCc3cccc(-c4cccc(COc5nc(OCc6cc(C#N)cc([N+]#[C-])c6)c(CN[C@@H](CO)C(=O)O)cc5Cl)c4C)c3C)c(Cl)cc2CC[C@@H](CO)C(=O)O)c1. The van der Waals surface area contributed by atoms with Crippen molar-refractivity contribution in [2.24, 2.45) is 5.92 Å². The number of carboxylic acid groups (broad SMARTS) is 2. The lowest BCUT2D eigenvalue weighted by atomic mass is 9.92. The summed E-state index contributed by atoms with van der Waals surface area (Å²) in [5.74, 6) is -3.25. The minimum Gasteiger partial charge on any atom is -0.481 e. The van der Waals surface area contributed by atoms with Crippen LogP contribution in [0.1, 0.15) is 62.1 Å². The van der Waals surface area contributed by atoms with Gasteiger partial charge in [-0.15, -0.1) is 0 Å². The highest BCUT2D eigenvalue weighted by Gasteiger charge is 2.22. The highest BCUT2D eigenvalue weighted by Crippen LogP contribution is 2.36. The number of aryl methyl sites for hydroxylation is 1. The topological polar surface area (TPSA) is 246 Å². The van der Waals surface area contributed by atoms with Gasteiger partial charge in [-0.25, -0.2) is 9.69 Å². The van der Waals surface area contributed by atoms with Gasteiger partial charge in [0.2, 0.25) is 23.5 Å². The quantitative estimate of drug-likeness (QED) is 0.0375.